The summed E-state index contributed by atoms with van der Waals surface area (Å²) in [5, 5.41) is 7.91. The summed E-state index contributed by atoms with van der Waals surface area (Å²) in [6.45, 7) is 3.54. The molecule has 0 fully saturated rings. The highest BCUT2D eigenvalue weighted by atomic mass is 19.4. The molecule has 0 unspecified atom stereocenters. The Kier molecular flexibility index (Phi) is 5.68. The molecule has 0 saturated carbocycles. The van der Waals surface area contributed by atoms with E-state index >= 15 is 0 Å². The number of fused-ring (bicyclic) bond motifs is 1. The zero-order valence-corrected chi connectivity index (χ0v) is 16.8. The molecule has 4 aromatic rings. The van der Waals surface area contributed by atoms with Crippen molar-refractivity contribution in [3.8, 4) is 17.2 Å². The number of ether oxygens (including phenoxy) is 1. The fourth-order valence-electron chi connectivity index (χ4n) is 3.21. The highest BCUT2D eigenvalue weighted by Gasteiger charge is 2.30. The normalized spacial score (nSPS) is 11.3. The van der Waals surface area contributed by atoms with E-state index in [-0.39, 0.29) is 12.5 Å². The van der Waals surface area contributed by atoms with Crippen LogP contribution in [0.3, 0.4) is 0 Å². The van der Waals surface area contributed by atoms with Crippen molar-refractivity contribution in [2.45, 2.75) is 12.7 Å². The molecule has 0 bridgehead atoms. The molecule has 0 saturated heterocycles. The van der Waals surface area contributed by atoms with E-state index in [0.29, 0.717) is 33.8 Å². The first-order chi connectivity index (χ1) is 15.3. The summed E-state index contributed by atoms with van der Waals surface area (Å²) in [6, 6.07) is 19.3. The topological polar surface area (TPSA) is 56.2 Å². The third kappa shape index (κ3) is 4.49. The minimum Gasteiger partial charge on any atom is -0.457 e. The van der Waals surface area contributed by atoms with E-state index in [4.69, 9.17) is 4.74 Å². The molecule has 1 amide bonds. The molecule has 0 radical (unpaired) electrons. The second kappa shape index (κ2) is 8.58. The van der Waals surface area contributed by atoms with Gasteiger partial charge in [0.1, 0.15) is 11.5 Å². The Morgan fingerprint density at radius 1 is 1.03 bits per heavy atom. The smallest absolute Gasteiger partial charge is 0.416 e. The highest BCUT2D eigenvalue weighted by Crippen LogP contribution is 2.32. The number of carbonyl (C=O) groups is 1. The Hall–Kier alpha value is -4.07. The van der Waals surface area contributed by atoms with Crippen molar-refractivity contribution >= 4 is 16.8 Å². The van der Waals surface area contributed by atoms with Gasteiger partial charge in [-0.1, -0.05) is 24.8 Å². The molecule has 1 aromatic heterocycles. The van der Waals surface area contributed by atoms with Crippen LogP contribution in [0.1, 0.15) is 11.3 Å². The molecule has 162 valence electrons. The van der Waals surface area contributed by atoms with Crippen molar-refractivity contribution in [3.63, 3.8) is 0 Å². The first-order valence-electron chi connectivity index (χ1n) is 9.67. The Balaban J connectivity index is 1.75. The first kappa shape index (κ1) is 21.2. The van der Waals surface area contributed by atoms with Gasteiger partial charge in [-0.15, -0.1) is 0 Å². The van der Waals surface area contributed by atoms with Crippen LogP contribution in [-0.2, 0) is 17.5 Å². The fraction of sp³-hybridized carbons (Fsp3) is 0.0833. The number of rotatable bonds is 6. The number of hydrogen-bond acceptors (Lipinski definition) is 3. The number of hydrogen-bond donors (Lipinski definition) is 1. The summed E-state index contributed by atoms with van der Waals surface area (Å²) >= 11 is 0. The standard InChI is InChI=1S/C24H18F3N3O2/c1-2-23(31)28-15-21-20-14-19(32-18-6-4-3-5-7-18)12-13-22(20)30(29-21)17-10-8-16(9-11-17)24(25,26)27/h2-14H,1,15H2,(H,28,31). The Labute approximate surface area is 181 Å². The molecule has 0 aliphatic rings. The summed E-state index contributed by atoms with van der Waals surface area (Å²) in [4.78, 5) is 11.6. The zero-order chi connectivity index (χ0) is 22.7. The maximum Gasteiger partial charge on any atom is 0.416 e. The lowest BCUT2D eigenvalue weighted by Crippen LogP contribution is -2.20. The number of aromatic nitrogens is 2. The van der Waals surface area contributed by atoms with Crippen LogP contribution in [0.15, 0.2) is 85.5 Å². The van der Waals surface area contributed by atoms with Gasteiger partial charge in [0.05, 0.1) is 29.0 Å². The minimum atomic E-state index is -4.42. The third-order valence-corrected chi connectivity index (χ3v) is 4.76. The Bertz CT molecular complexity index is 1260. The number of nitrogens with zero attached hydrogens (tertiary/aromatic N) is 2. The van der Waals surface area contributed by atoms with E-state index < -0.39 is 11.7 Å². The maximum absolute atomic E-state index is 12.9. The van der Waals surface area contributed by atoms with Crippen molar-refractivity contribution in [1.29, 1.82) is 0 Å². The maximum atomic E-state index is 12.9. The van der Waals surface area contributed by atoms with Gasteiger partial charge in [-0.3, -0.25) is 4.79 Å². The quantitative estimate of drug-likeness (QED) is 0.397. The zero-order valence-electron chi connectivity index (χ0n) is 16.8. The molecule has 4 rings (SSSR count). The molecule has 1 N–H and O–H groups in total. The lowest BCUT2D eigenvalue weighted by Gasteiger charge is -2.09. The number of benzene rings is 3. The second-order valence-electron chi connectivity index (χ2n) is 6.92. The molecular formula is C24H18F3N3O2. The van der Waals surface area contributed by atoms with Gasteiger partial charge in [0.25, 0.3) is 0 Å². The molecule has 32 heavy (non-hydrogen) atoms. The van der Waals surface area contributed by atoms with E-state index in [1.807, 2.05) is 30.3 Å². The SMILES string of the molecule is C=CC(=O)NCc1nn(-c2ccc(C(F)(F)F)cc2)c2ccc(Oc3ccccc3)cc12. The number of halogens is 3. The van der Waals surface area contributed by atoms with Crippen LogP contribution in [0.2, 0.25) is 0 Å². The van der Waals surface area contributed by atoms with Crippen molar-refractivity contribution in [1.82, 2.24) is 15.1 Å². The second-order valence-corrected chi connectivity index (χ2v) is 6.92. The minimum absolute atomic E-state index is 0.115. The van der Waals surface area contributed by atoms with Crippen LogP contribution in [-0.4, -0.2) is 15.7 Å². The lowest BCUT2D eigenvalue weighted by atomic mass is 10.1. The number of carbonyl (C=O) groups excluding carboxylic acids is 1. The molecule has 8 heteroatoms. The third-order valence-electron chi connectivity index (χ3n) is 4.76. The summed E-state index contributed by atoms with van der Waals surface area (Å²) < 4.78 is 46.2. The van der Waals surface area contributed by atoms with Gasteiger partial charge in [-0.2, -0.15) is 18.3 Å². The van der Waals surface area contributed by atoms with E-state index in [0.717, 1.165) is 18.2 Å². The monoisotopic (exact) mass is 437 g/mol. The van der Waals surface area contributed by atoms with Crippen molar-refractivity contribution < 1.29 is 22.7 Å². The molecule has 0 aliphatic heterocycles. The van der Waals surface area contributed by atoms with E-state index in [9.17, 15) is 18.0 Å². The van der Waals surface area contributed by atoms with Crippen molar-refractivity contribution in [2.24, 2.45) is 0 Å². The van der Waals surface area contributed by atoms with Crippen LogP contribution in [0.25, 0.3) is 16.6 Å². The summed E-state index contributed by atoms with van der Waals surface area (Å²) in [5.74, 6) is 0.856. The van der Waals surface area contributed by atoms with Gasteiger partial charge in [0.2, 0.25) is 5.91 Å². The van der Waals surface area contributed by atoms with Gasteiger partial charge in [0.15, 0.2) is 0 Å². The Morgan fingerprint density at radius 2 is 1.75 bits per heavy atom. The molecular weight excluding hydrogens is 419 g/mol. The molecule has 0 spiro atoms. The van der Waals surface area contributed by atoms with Crippen LogP contribution in [0, 0.1) is 0 Å². The molecule has 0 atom stereocenters. The number of amides is 1. The van der Waals surface area contributed by atoms with Crippen LogP contribution < -0.4 is 10.1 Å². The van der Waals surface area contributed by atoms with Gasteiger partial charge in [-0.25, -0.2) is 4.68 Å². The van der Waals surface area contributed by atoms with Gasteiger partial charge < -0.3 is 10.1 Å². The number of alkyl halides is 3. The van der Waals surface area contributed by atoms with Crippen LogP contribution >= 0.6 is 0 Å². The number of nitrogens with one attached hydrogen (secondary N) is 1. The van der Waals surface area contributed by atoms with Gasteiger partial charge in [-0.05, 0) is 60.7 Å². The fourth-order valence-corrected chi connectivity index (χ4v) is 3.21. The van der Waals surface area contributed by atoms with Crippen molar-refractivity contribution in [3.05, 3.63) is 96.7 Å². The van der Waals surface area contributed by atoms with E-state index in [2.05, 4.69) is 17.0 Å². The molecule has 5 nitrogen and oxygen atoms in total. The molecule has 3 aromatic carbocycles. The number of para-hydroxylation sites is 1. The van der Waals surface area contributed by atoms with E-state index in [1.165, 1.54) is 16.8 Å². The van der Waals surface area contributed by atoms with Gasteiger partial charge >= 0.3 is 6.18 Å². The lowest BCUT2D eigenvalue weighted by molar-refractivity contribution is -0.137. The van der Waals surface area contributed by atoms with E-state index in [1.54, 1.807) is 18.2 Å². The Morgan fingerprint density at radius 3 is 2.41 bits per heavy atom. The highest BCUT2D eigenvalue weighted by molar-refractivity contribution is 5.88. The largest absolute Gasteiger partial charge is 0.457 e. The van der Waals surface area contributed by atoms with Crippen LogP contribution in [0.5, 0.6) is 11.5 Å². The first-order valence-corrected chi connectivity index (χ1v) is 9.67. The predicted octanol–water partition coefficient (Wildman–Crippen LogP) is 5.64. The van der Waals surface area contributed by atoms with Crippen molar-refractivity contribution in [2.75, 3.05) is 0 Å². The van der Waals surface area contributed by atoms with Gasteiger partial charge in [0, 0.05) is 5.39 Å². The predicted molar refractivity (Wildman–Crippen MR) is 115 cm³/mol. The summed E-state index contributed by atoms with van der Waals surface area (Å²) in [6.07, 6.45) is -3.27. The summed E-state index contributed by atoms with van der Waals surface area (Å²) in [5.41, 5.74) is 0.914. The average Bonchev–Trinajstić information content (AvgIpc) is 3.15. The summed E-state index contributed by atoms with van der Waals surface area (Å²) in [7, 11) is 0. The van der Waals surface area contributed by atoms with Crippen LogP contribution in [0.4, 0.5) is 13.2 Å². The molecule has 1 heterocycles. The molecule has 0 aliphatic carbocycles. The average molecular weight is 437 g/mol.